The summed E-state index contributed by atoms with van der Waals surface area (Å²) in [5.74, 6) is 0. The van der Waals surface area contributed by atoms with Gasteiger partial charge >= 0.3 is 0 Å². The van der Waals surface area contributed by atoms with Crippen molar-refractivity contribution in [1.29, 1.82) is 10.5 Å². The minimum absolute atomic E-state index is 0.158. The van der Waals surface area contributed by atoms with Crippen LogP contribution in [0.4, 0.5) is 0 Å². The fraction of sp³-hybridized carbons (Fsp3) is 0.0526. The van der Waals surface area contributed by atoms with Crippen molar-refractivity contribution in [1.82, 2.24) is 13.7 Å². The zero-order valence-electron chi connectivity index (χ0n) is 34.0. The summed E-state index contributed by atoms with van der Waals surface area (Å²) in [6.07, 6.45) is 0. The Kier molecular flexibility index (Phi) is 6.86. The van der Waals surface area contributed by atoms with Gasteiger partial charge in [0.15, 0.2) is 0 Å². The van der Waals surface area contributed by atoms with E-state index in [0.29, 0.717) is 22.5 Å². The molecule has 13 rings (SSSR count). The van der Waals surface area contributed by atoms with Crippen LogP contribution in [0.3, 0.4) is 0 Å². The molecule has 5 nitrogen and oxygen atoms in total. The van der Waals surface area contributed by atoms with E-state index >= 15 is 0 Å². The smallest absolute Gasteiger partial charge is 0.101 e. The fourth-order valence-corrected chi connectivity index (χ4v) is 10.9. The summed E-state index contributed by atoms with van der Waals surface area (Å²) in [6, 6.07) is 67.4. The van der Waals surface area contributed by atoms with E-state index in [9.17, 15) is 10.5 Å². The largest absolute Gasteiger partial charge is 0.309 e. The highest BCUT2D eigenvalue weighted by Gasteiger charge is 2.36. The van der Waals surface area contributed by atoms with Gasteiger partial charge in [-0.05, 0) is 99.8 Å². The first-order valence-corrected chi connectivity index (χ1v) is 21.1. The van der Waals surface area contributed by atoms with Crippen LogP contribution in [0, 0.1) is 22.7 Å². The van der Waals surface area contributed by atoms with Gasteiger partial charge in [0.25, 0.3) is 0 Å². The van der Waals surface area contributed by atoms with Gasteiger partial charge in [0.2, 0.25) is 0 Å². The van der Waals surface area contributed by atoms with Crippen molar-refractivity contribution in [3.8, 4) is 40.3 Å². The van der Waals surface area contributed by atoms with Gasteiger partial charge in [-0.15, -0.1) is 0 Å². The van der Waals surface area contributed by atoms with E-state index in [2.05, 4.69) is 197 Å². The van der Waals surface area contributed by atoms with Gasteiger partial charge in [-0.2, -0.15) is 10.5 Å². The van der Waals surface area contributed by atoms with Crippen molar-refractivity contribution < 1.29 is 0 Å². The molecule has 9 aromatic carbocycles. The summed E-state index contributed by atoms with van der Waals surface area (Å²) in [5, 5.41) is 31.4. The molecule has 3 aromatic heterocycles. The van der Waals surface area contributed by atoms with Crippen LogP contribution in [0.5, 0.6) is 0 Å². The summed E-state index contributed by atoms with van der Waals surface area (Å²) in [7, 11) is 0. The molecular formula is C57H35N5. The topological polar surface area (TPSA) is 62.4 Å². The van der Waals surface area contributed by atoms with Gasteiger partial charge in [0, 0.05) is 43.4 Å². The number of nitrogens with zero attached hydrogens (tertiary/aromatic N) is 5. The molecule has 0 bridgehead atoms. The van der Waals surface area contributed by atoms with Crippen molar-refractivity contribution in [2.45, 2.75) is 19.3 Å². The summed E-state index contributed by atoms with van der Waals surface area (Å²) in [4.78, 5) is 0. The highest BCUT2D eigenvalue weighted by molar-refractivity contribution is 6.22. The molecule has 12 aromatic rings. The third-order valence-electron chi connectivity index (χ3n) is 13.7. The lowest BCUT2D eigenvalue weighted by Gasteiger charge is -2.21. The Hall–Kier alpha value is -8.38. The number of fused-ring (bicyclic) bond motifs is 14. The second-order valence-corrected chi connectivity index (χ2v) is 17.1. The molecule has 0 atom stereocenters. The van der Waals surface area contributed by atoms with E-state index in [4.69, 9.17) is 0 Å². The number of hydrogen-bond donors (Lipinski definition) is 0. The Balaban J connectivity index is 1.09. The maximum atomic E-state index is 11.2. The van der Waals surface area contributed by atoms with Crippen molar-refractivity contribution in [2.24, 2.45) is 0 Å². The average Bonchev–Trinajstić information content (AvgIpc) is 4.01. The lowest BCUT2D eigenvalue weighted by Crippen LogP contribution is -2.14. The molecular weight excluding hydrogens is 755 g/mol. The molecule has 0 amide bonds. The standard InChI is InChI=1S/C57H35N5/c1-57(2)46-19-9-5-15-39(46)43-31-55-44(30-47(43)57)42-18-8-12-22-50(42)62(55)54-28-35(32-58)53(27-36(54)33-59)61-51-26-24-37(29-45(51)56-38-14-4-3-13-34(38)23-25-52(56)61)60-48-20-10-6-16-40(48)41-17-7-11-21-49(41)60/h3-31H,1-2H3. The highest BCUT2D eigenvalue weighted by atomic mass is 15.0. The normalized spacial score (nSPS) is 13.1. The Morgan fingerprint density at radius 3 is 1.60 bits per heavy atom. The van der Waals surface area contributed by atoms with Gasteiger partial charge in [0.1, 0.15) is 12.1 Å². The van der Waals surface area contributed by atoms with Crippen LogP contribution in [-0.2, 0) is 5.41 Å². The number of aromatic nitrogens is 3. The molecule has 0 unspecified atom stereocenters. The van der Waals surface area contributed by atoms with Gasteiger partial charge in [-0.3, -0.25) is 0 Å². The molecule has 1 aliphatic carbocycles. The number of para-hydroxylation sites is 3. The monoisotopic (exact) mass is 789 g/mol. The molecule has 62 heavy (non-hydrogen) atoms. The molecule has 0 fully saturated rings. The maximum Gasteiger partial charge on any atom is 0.101 e. The van der Waals surface area contributed by atoms with E-state index in [1.165, 1.54) is 33.0 Å². The first-order valence-electron chi connectivity index (χ1n) is 21.1. The van der Waals surface area contributed by atoms with E-state index in [-0.39, 0.29) is 5.41 Å². The van der Waals surface area contributed by atoms with Crippen LogP contribution < -0.4 is 0 Å². The maximum absolute atomic E-state index is 11.2. The summed E-state index contributed by atoms with van der Waals surface area (Å²) in [6.45, 7) is 4.61. The predicted molar refractivity (Wildman–Crippen MR) is 254 cm³/mol. The quantitative estimate of drug-likeness (QED) is 0.179. The predicted octanol–water partition coefficient (Wildman–Crippen LogP) is 14.2. The Bertz CT molecular complexity index is 3990. The lowest BCUT2D eigenvalue weighted by molar-refractivity contribution is 0.661. The van der Waals surface area contributed by atoms with E-state index in [1.54, 1.807) is 0 Å². The SMILES string of the molecule is CC1(C)c2ccccc2-c2cc3c(cc21)c1ccccc1n3-c1cc(C#N)c(-n2c3ccc(-n4c5ccccc5c5ccccc54)cc3c3c4ccccc4ccc32)cc1C#N. The van der Waals surface area contributed by atoms with Crippen LogP contribution in [0.2, 0.25) is 0 Å². The first kappa shape index (κ1) is 34.5. The Labute approximate surface area is 356 Å². The van der Waals surface area contributed by atoms with Gasteiger partial charge in [-0.1, -0.05) is 123 Å². The Morgan fingerprint density at radius 1 is 0.387 bits per heavy atom. The number of benzene rings is 9. The summed E-state index contributed by atoms with van der Waals surface area (Å²) in [5.41, 5.74) is 14.5. The summed E-state index contributed by atoms with van der Waals surface area (Å²) < 4.78 is 6.73. The second kappa shape index (κ2) is 12.3. The molecule has 288 valence electrons. The van der Waals surface area contributed by atoms with Crippen molar-refractivity contribution in [3.63, 3.8) is 0 Å². The second-order valence-electron chi connectivity index (χ2n) is 17.1. The number of hydrogen-bond acceptors (Lipinski definition) is 2. The fourth-order valence-electron chi connectivity index (χ4n) is 10.9. The summed E-state index contributed by atoms with van der Waals surface area (Å²) >= 11 is 0. The molecule has 1 aliphatic rings. The van der Waals surface area contributed by atoms with Crippen molar-refractivity contribution in [3.05, 3.63) is 198 Å². The highest BCUT2D eigenvalue weighted by Crippen LogP contribution is 2.51. The third kappa shape index (κ3) is 4.44. The van der Waals surface area contributed by atoms with Crippen molar-refractivity contribution >= 4 is 76.2 Å². The third-order valence-corrected chi connectivity index (χ3v) is 13.7. The molecule has 0 spiro atoms. The van der Waals surface area contributed by atoms with Gasteiger partial charge < -0.3 is 13.7 Å². The van der Waals surface area contributed by atoms with Crippen LogP contribution in [-0.4, -0.2) is 13.7 Å². The Morgan fingerprint density at radius 2 is 0.919 bits per heavy atom. The van der Waals surface area contributed by atoms with Gasteiger partial charge in [0.05, 0.1) is 55.6 Å². The minimum Gasteiger partial charge on any atom is -0.309 e. The molecule has 3 heterocycles. The first-order chi connectivity index (χ1) is 30.4. The van der Waals surface area contributed by atoms with Gasteiger partial charge in [-0.25, -0.2) is 0 Å². The minimum atomic E-state index is -0.158. The molecule has 0 saturated heterocycles. The lowest BCUT2D eigenvalue weighted by atomic mass is 9.82. The van der Waals surface area contributed by atoms with Crippen LogP contribution in [0.15, 0.2) is 176 Å². The van der Waals surface area contributed by atoms with E-state index < -0.39 is 0 Å². The number of nitriles is 2. The van der Waals surface area contributed by atoms with Crippen molar-refractivity contribution in [2.75, 3.05) is 0 Å². The zero-order chi connectivity index (χ0) is 41.4. The zero-order valence-corrected chi connectivity index (χ0v) is 34.0. The van der Waals surface area contributed by atoms with Crippen LogP contribution in [0.1, 0.15) is 36.1 Å². The number of rotatable bonds is 3. The average molecular weight is 790 g/mol. The van der Waals surface area contributed by atoms with Crippen LogP contribution in [0.25, 0.3) is 104 Å². The molecule has 0 radical (unpaired) electrons. The molecule has 0 saturated carbocycles. The van der Waals surface area contributed by atoms with Crippen LogP contribution >= 0.6 is 0 Å². The molecule has 0 N–H and O–H groups in total. The van der Waals surface area contributed by atoms with E-state index in [1.807, 2.05) is 18.2 Å². The van der Waals surface area contributed by atoms with E-state index in [0.717, 1.165) is 71.1 Å². The molecule has 0 aliphatic heterocycles. The molecule has 5 heteroatoms.